The van der Waals surface area contributed by atoms with Crippen molar-refractivity contribution in [1.82, 2.24) is 14.6 Å². The second-order valence-corrected chi connectivity index (χ2v) is 3.51. The highest BCUT2D eigenvalue weighted by atomic mass is 16.1. The molecule has 0 radical (unpaired) electrons. The van der Waals surface area contributed by atoms with Crippen molar-refractivity contribution in [1.29, 1.82) is 0 Å². The molecule has 0 unspecified atom stereocenters. The summed E-state index contributed by atoms with van der Waals surface area (Å²) in [6.45, 7) is 4.10. The van der Waals surface area contributed by atoms with Crippen molar-refractivity contribution in [3.05, 3.63) is 29.8 Å². The number of nitrogens with zero attached hydrogens (tertiary/aromatic N) is 3. The summed E-state index contributed by atoms with van der Waals surface area (Å²) in [6, 6.07) is 0. The first-order valence-corrected chi connectivity index (χ1v) is 4.50. The van der Waals surface area contributed by atoms with Gasteiger partial charge in [0, 0.05) is 11.8 Å². The monoisotopic (exact) mass is 189 g/mol. The molecule has 2 aromatic rings. The van der Waals surface area contributed by atoms with Gasteiger partial charge in [-0.2, -0.15) is 5.10 Å². The van der Waals surface area contributed by atoms with Crippen LogP contribution in [0.5, 0.6) is 0 Å². The van der Waals surface area contributed by atoms with E-state index in [-0.39, 0.29) is 0 Å². The lowest BCUT2D eigenvalue weighted by molar-refractivity contribution is 0.112. The maximum atomic E-state index is 10.8. The van der Waals surface area contributed by atoms with Gasteiger partial charge in [-0.15, -0.1) is 0 Å². The second-order valence-electron chi connectivity index (χ2n) is 3.51. The van der Waals surface area contributed by atoms with Crippen LogP contribution in [-0.4, -0.2) is 20.9 Å². The fraction of sp³-hybridized carbons (Fsp3) is 0.300. The summed E-state index contributed by atoms with van der Waals surface area (Å²) < 4.78 is 1.69. The van der Waals surface area contributed by atoms with Crippen LogP contribution >= 0.6 is 0 Å². The predicted molar refractivity (Wildman–Crippen MR) is 52.5 cm³/mol. The Kier molecular flexibility index (Phi) is 2.04. The zero-order chi connectivity index (χ0) is 10.1. The van der Waals surface area contributed by atoms with Crippen molar-refractivity contribution < 1.29 is 4.79 Å². The largest absolute Gasteiger partial charge is 0.298 e. The molecule has 0 saturated heterocycles. The van der Waals surface area contributed by atoms with Crippen LogP contribution in [0.2, 0.25) is 0 Å². The number of carbonyl (C=O) groups is 1. The highest BCUT2D eigenvalue weighted by molar-refractivity contribution is 5.82. The lowest BCUT2D eigenvalue weighted by atomic mass is 10.0. The minimum Gasteiger partial charge on any atom is -0.298 e. The number of fused-ring (bicyclic) bond motifs is 1. The highest BCUT2D eigenvalue weighted by Gasteiger charge is 2.13. The topological polar surface area (TPSA) is 47.3 Å². The number of rotatable bonds is 2. The highest BCUT2D eigenvalue weighted by Crippen LogP contribution is 2.23. The van der Waals surface area contributed by atoms with Crippen molar-refractivity contribution in [2.75, 3.05) is 0 Å². The summed E-state index contributed by atoms with van der Waals surface area (Å²) >= 11 is 0. The molecule has 0 aliphatic rings. The Labute approximate surface area is 81.6 Å². The molecule has 2 aromatic heterocycles. The molecule has 0 N–H and O–H groups in total. The molecule has 14 heavy (non-hydrogen) atoms. The van der Waals surface area contributed by atoms with E-state index in [4.69, 9.17) is 0 Å². The number of aromatic nitrogens is 3. The number of aldehydes is 1. The average Bonchev–Trinajstić information content (AvgIpc) is 2.55. The lowest BCUT2D eigenvalue weighted by Gasteiger charge is -2.03. The molecule has 0 fully saturated rings. The summed E-state index contributed by atoms with van der Waals surface area (Å²) in [5.41, 5.74) is 2.62. The molecule has 0 amide bonds. The summed E-state index contributed by atoms with van der Waals surface area (Å²) in [5, 5.41) is 4.04. The Morgan fingerprint density at radius 1 is 1.50 bits per heavy atom. The standard InChI is InChI=1S/C10H11N3O/c1-7(2)10-8(5-14)4-13-9(10)3-11-6-12-13/h3-7H,1-2H3. The summed E-state index contributed by atoms with van der Waals surface area (Å²) in [5.74, 6) is 0.297. The molecule has 4 nitrogen and oxygen atoms in total. The normalized spacial score (nSPS) is 11.1. The van der Waals surface area contributed by atoms with E-state index in [1.165, 1.54) is 6.33 Å². The fourth-order valence-corrected chi connectivity index (χ4v) is 1.68. The third-order valence-electron chi connectivity index (χ3n) is 2.24. The Morgan fingerprint density at radius 2 is 2.29 bits per heavy atom. The molecule has 72 valence electrons. The van der Waals surface area contributed by atoms with Crippen LogP contribution in [0.25, 0.3) is 5.52 Å². The molecular weight excluding hydrogens is 178 g/mol. The van der Waals surface area contributed by atoms with Crippen LogP contribution in [0.3, 0.4) is 0 Å². The Morgan fingerprint density at radius 3 is 2.93 bits per heavy atom. The number of carbonyl (C=O) groups excluding carboxylic acids is 1. The van der Waals surface area contributed by atoms with E-state index in [1.807, 2.05) is 0 Å². The summed E-state index contributed by atoms with van der Waals surface area (Å²) in [6.07, 6.45) is 5.80. The molecule has 0 atom stereocenters. The smallest absolute Gasteiger partial charge is 0.151 e. The molecule has 0 aliphatic heterocycles. The second kappa shape index (κ2) is 3.21. The molecule has 0 spiro atoms. The van der Waals surface area contributed by atoms with Crippen LogP contribution in [0.1, 0.15) is 35.7 Å². The average molecular weight is 189 g/mol. The van der Waals surface area contributed by atoms with Gasteiger partial charge in [0.2, 0.25) is 0 Å². The van der Waals surface area contributed by atoms with E-state index in [0.29, 0.717) is 11.5 Å². The molecule has 2 rings (SSSR count). The lowest BCUT2D eigenvalue weighted by Crippen LogP contribution is -1.93. The van der Waals surface area contributed by atoms with Gasteiger partial charge in [-0.25, -0.2) is 9.50 Å². The Balaban J connectivity index is 2.80. The maximum Gasteiger partial charge on any atom is 0.151 e. The predicted octanol–water partition coefficient (Wildman–Crippen LogP) is 1.67. The first-order valence-electron chi connectivity index (χ1n) is 4.50. The van der Waals surface area contributed by atoms with E-state index in [1.54, 1.807) is 16.9 Å². The van der Waals surface area contributed by atoms with Crippen molar-refractivity contribution >= 4 is 11.8 Å². The van der Waals surface area contributed by atoms with Gasteiger partial charge >= 0.3 is 0 Å². The molecule has 0 aromatic carbocycles. The van der Waals surface area contributed by atoms with Crippen LogP contribution in [0.15, 0.2) is 18.7 Å². The van der Waals surface area contributed by atoms with Crippen LogP contribution < -0.4 is 0 Å². The van der Waals surface area contributed by atoms with Gasteiger partial charge in [0.15, 0.2) is 6.29 Å². The molecule has 0 aliphatic carbocycles. The van der Waals surface area contributed by atoms with Crippen molar-refractivity contribution in [3.8, 4) is 0 Å². The van der Waals surface area contributed by atoms with E-state index in [9.17, 15) is 4.79 Å². The molecule has 2 heterocycles. The molecule has 4 heteroatoms. The van der Waals surface area contributed by atoms with E-state index in [2.05, 4.69) is 23.9 Å². The van der Waals surface area contributed by atoms with Crippen molar-refractivity contribution in [2.45, 2.75) is 19.8 Å². The summed E-state index contributed by atoms with van der Waals surface area (Å²) in [4.78, 5) is 14.8. The van der Waals surface area contributed by atoms with Gasteiger partial charge in [-0.05, 0) is 11.5 Å². The Bertz CT molecular complexity index is 473. The van der Waals surface area contributed by atoms with E-state index >= 15 is 0 Å². The van der Waals surface area contributed by atoms with Gasteiger partial charge in [0.05, 0.1) is 11.7 Å². The minimum absolute atomic E-state index is 0.297. The summed E-state index contributed by atoms with van der Waals surface area (Å²) in [7, 11) is 0. The first kappa shape index (κ1) is 8.87. The maximum absolute atomic E-state index is 10.8. The number of hydrogen-bond acceptors (Lipinski definition) is 3. The van der Waals surface area contributed by atoms with Gasteiger partial charge in [-0.3, -0.25) is 4.79 Å². The van der Waals surface area contributed by atoms with E-state index in [0.717, 1.165) is 17.4 Å². The van der Waals surface area contributed by atoms with Gasteiger partial charge in [-0.1, -0.05) is 13.8 Å². The zero-order valence-electron chi connectivity index (χ0n) is 8.14. The van der Waals surface area contributed by atoms with Gasteiger partial charge in [0.1, 0.15) is 6.33 Å². The van der Waals surface area contributed by atoms with Crippen LogP contribution in [-0.2, 0) is 0 Å². The quantitative estimate of drug-likeness (QED) is 0.675. The molecular formula is C10H11N3O. The van der Waals surface area contributed by atoms with Crippen molar-refractivity contribution in [2.24, 2.45) is 0 Å². The van der Waals surface area contributed by atoms with Crippen LogP contribution in [0, 0.1) is 0 Å². The van der Waals surface area contributed by atoms with E-state index < -0.39 is 0 Å². The van der Waals surface area contributed by atoms with Gasteiger partial charge < -0.3 is 0 Å². The van der Waals surface area contributed by atoms with Gasteiger partial charge in [0.25, 0.3) is 0 Å². The fourth-order valence-electron chi connectivity index (χ4n) is 1.68. The molecule has 0 saturated carbocycles. The first-order chi connectivity index (χ1) is 6.74. The number of hydrogen-bond donors (Lipinski definition) is 0. The van der Waals surface area contributed by atoms with Crippen LogP contribution in [0.4, 0.5) is 0 Å². The zero-order valence-corrected chi connectivity index (χ0v) is 8.14. The SMILES string of the molecule is CC(C)c1c(C=O)cn2ncncc12. The third kappa shape index (κ3) is 1.19. The third-order valence-corrected chi connectivity index (χ3v) is 2.24. The van der Waals surface area contributed by atoms with Crippen molar-refractivity contribution in [3.63, 3.8) is 0 Å². The Hall–Kier alpha value is -1.71. The molecule has 0 bridgehead atoms. The minimum atomic E-state index is 0.297.